The van der Waals surface area contributed by atoms with Gasteiger partial charge in [0.25, 0.3) is 0 Å². The van der Waals surface area contributed by atoms with Crippen LogP contribution in [0.25, 0.3) is 11.0 Å². The van der Waals surface area contributed by atoms with Crippen molar-refractivity contribution in [3.63, 3.8) is 0 Å². The van der Waals surface area contributed by atoms with Gasteiger partial charge in [0, 0.05) is 17.5 Å². The summed E-state index contributed by atoms with van der Waals surface area (Å²) in [5, 5.41) is 8.20. The summed E-state index contributed by atoms with van der Waals surface area (Å²) in [5.74, 6) is 0.871. The number of furan rings is 1. The molecule has 2 atom stereocenters. The molecule has 0 bridgehead atoms. The van der Waals surface area contributed by atoms with Crippen molar-refractivity contribution in [2.75, 3.05) is 0 Å². The number of benzene rings is 1. The summed E-state index contributed by atoms with van der Waals surface area (Å²) >= 11 is 0. The van der Waals surface area contributed by atoms with Crippen LogP contribution in [0.3, 0.4) is 0 Å². The number of hydrazone groups is 1. The summed E-state index contributed by atoms with van der Waals surface area (Å²) in [6.45, 7) is 6.54. The van der Waals surface area contributed by atoms with Gasteiger partial charge in [0.05, 0.1) is 5.71 Å². The molecule has 1 aliphatic rings. The molecule has 1 saturated heterocycles. The minimum atomic E-state index is 0.512. The quantitative estimate of drug-likeness (QED) is 0.756. The molecule has 3 rings (SSSR count). The van der Waals surface area contributed by atoms with Crippen LogP contribution in [0.1, 0.15) is 45.8 Å². The van der Waals surface area contributed by atoms with Crippen molar-refractivity contribution < 1.29 is 4.42 Å². The SMILES string of the molecule is C/C(=N/N1[C@H](C)CCC[C@H]1C)c1cc2ccccc2o1. The Balaban J connectivity index is 1.90. The van der Waals surface area contributed by atoms with Crippen molar-refractivity contribution in [2.24, 2.45) is 5.10 Å². The highest BCUT2D eigenvalue weighted by Gasteiger charge is 2.23. The van der Waals surface area contributed by atoms with Crippen LogP contribution in [0.4, 0.5) is 0 Å². The zero-order chi connectivity index (χ0) is 14.1. The first-order chi connectivity index (χ1) is 9.65. The molecule has 1 aromatic carbocycles. The van der Waals surface area contributed by atoms with Crippen molar-refractivity contribution >= 4 is 16.7 Å². The molecule has 0 amide bonds. The van der Waals surface area contributed by atoms with E-state index in [0.29, 0.717) is 12.1 Å². The van der Waals surface area contributed by atoms with Gasteiger partial charge in [-0.05, 0) is 52.2 Å². The van der Waals surface area contributed by atoms with E-state index in [0.717, 1.165) is 22.4 Å². The molecule has 0 spiro atoms. The summed E-state index contributed by atoms with van der Waals surface area (Å²) in [6, 6.07) is 11.2. The zero-order valence-corrected chi connectivity index (χ0v) is 12.5. The fraction of sp³-hybridized carbons (Fsp3) is 0.471. The van der Waals surface area contributed by atoms with E-state index in [1.165, 1.54) is 19.3 Å². The van der Waals surface area contributed by atoms with Gasteiger partial charge in [0.1, 0.15) is 5.58 Å². The number of piperidine rings is 1. The maximum absolute atomic E-state index is 5.88. The Hall–Kier alpha value is -1.77. The second-order valence-corrected chi connectivity index (χ2v) is 5.84. The van der Waals surface area contributed by atoms with Crippen LogP contribution >= 0.6 is 0 Å². The molecule has 2 heterocycles. The number of para-hydroxylation sites is 1. The van der Waals surface area contributed by atoms with Crippen molar-refractivity contribution in [3.05, 3.63) is 36.1 Å². The lowest BCUT2D eigenvalue weighted by Gasteiger charge is -2.37. The monoisotopic (exact) mass is 270 g/mol. The Bertz CT molecular complexity index is 586. The zero-order valence-electron chi connectivity index (χ0n) is 12.5. The molecule has 2 aromatic rings. The van der Waals surface area contributed by atoms with E-state index in [-0.39, 0.29) is 0 Å². The summed E-state index contributed by atoms with van der Waals surface area (Å²) < 4.78 is 5.88. The van der Waals surface area contributed by atoms with Crippen LogP contribution in [0.15, 0.2) is 39.9 Å². The Morgan fingerprint density at radius 2 is 1.90 bits per heavy atom. The minimum absolute atomic E-state index is 0.512. The summed E-state index contributed by atoms with van der Waals surface area (Å²) in [4.78, 5) is 0. The van der Waals surface area contributed by atoms with Gasteiger partial charge >= 0.3 is 0 Å². The second kappa shape index (κ2) is 5.31. The molecule has 3 nitrogen and oxygen atoms in total. The molecule has 3 heteroatoms. The Morgan fingerprint density at radius 1 is 1.20 bits per heavy atom. The molecular weight excluding hydrogens is 248 g/mol. The second-order valence-electron chi connectivity index (χ2n) is 5.84. The summed E-state index contributed by atoms with van der Waals surface area (Å²) in [5.41, 5.74) is 1.89. The topological polar surface area (TPSA) is 28.7 Å². The summed E-state index contributed by atoms with van der Waals surface area (Å²) in [7, 11) is 0. The van der Waals surface area contributed by atoms with Crippen molar-refractivity contribution in [1.29, 1.82) is 0 Å². The molecule has 0 unspecified atom stereocenters. The van der Waals surface area contributed by atoms with Crippen LogP contribution < -0.4 is 0 Å². The molecule has 0 N–H and O–H groups in total. The standard InChI is InChI=1S/C17H22N2O/c1-12-7-6-8-13(2)19(12)18-14(3)17-11-15-9-4-5-10-16(15)20-17/h4-5,9-13H,6-8H2,1-3H3/b18-14-/t12-,13-/m1/s1. The largest absolute Gasteiger partial charge is 0.455 e. The van der Waals surface area contributed by atoms with Gasteiger partial charge in [-0.3, -0.25) is 5.01 Å². The molecule has 1 aromatic heterocycles. The highest BCUT2D eigenvalue weighted by atomic mass is 16.3. The Kier molecular flexibility index (Phi) is 3.51. The van der Waals surface area contributed by atoms with Crippen molar-refractivity contribution in [3.8, 4) is 0 Å². The third-order valence-corrected chi connectivity index (χ3v) is 4.19. The predicted molar refractivity (Wildman–Crippen MR) is 83.0 cm³/mol. The molecule has 1 fully saturated rings. The number of rotatable bonds is 2. The van der Waals surface area contributed by atoms with Gasteiger partial charge in [-0.25, -0.2) is 0 Å². The highest BCUT2D eigenvalue weighted by Crippen LogP contribution is 2.24. The van der Waals surface area contributed by atoms with E-state index in [9.17, 15) is 0 Å². The number of nitrogens with zero attached hydrogens (tertiary/aromatic N) is 2. The van der Waals surface area contributed by atoms with Crippen LogP contribution in [-0.4, -0.2) is 22.8 Å². The van der Waals surface area contributed by atoms with Crippen molar-refractivity contribution in [1.82, 2.24) is 5.01 Å². The maximum atomic E-state index is 5.88. The van der Waals surface area contributed by atoms with E-state index in [4.69, 9.17) is 9.52 Å². The smallest absolute Gasteiger partial charge is 0.151 e. The number of hydrogen-bond acceptors (Lipinski definition) is 3. The molecule has 0 aliphatic carbocycles. The molecule has 0 radical (unpaired) electrons. The van der Waals surface area contributed by atoms with Gasteiger partial charge in [-0.2, -0.15) is 5.10 Å². The highest BCUT2D eigenvalue weighted by molar-refractivity contribution is 5.99. The molecular formula is C17H22N2O. The van der Waals surface area contributed by atoms with Crippen LogP contribution in [-0.2, 0) is 0 Å². The number of fused-ring (bicyclic) bond motifs is 1. The van der Waals surface area contributed by atoms with E-state index in [1.807, 2.05) is 25.1 Å². The van der Waals surface area contributed by atoms with Crippen LogP contribution in [0.5, 0.6) is 0 Å². The molecule has 0 saturated carbocycles. The first kappa shape index (κ1) is 13.2. The van der Waals surface area contributed by atoms with Gasteiger partial charge in [-0.1, -0.05) is 18.2 Å². The lowest BCUT2D eigenvalue weighted by molar-refractivity contribution is 0.108. The Morgan fingerprint density at radius 3 is 2.60 bits per heavy atom. The lowest BCUT2D eigenvalue weighted by Crippen LogP contribution is -2.40. The predicted octanol–water partition coefficient (Wildman–Crippen LogP) is 4.42. The average molecular weight is 270 g/mol. The molecule has 1 aliphatic heterocycles. The van der Waals surface area contributed by atoms with Gasteiger partial charge in [-0.15, -0.1) is 0 Å². The normalized spacial score (nSPS) is 24.4. The van der Waals surface area contributed by atoms with Crippen LogP contribution in [0.2, 0.25) is 0 Å². The molecule has 106 valence electrons. The molecule has 20 heavy (non-hydrogen) atoms. The third-order valence-electron chi connectivity index (χ3n) is 4.19. The Labute approximate surface area is 120 Å². The van der Waals surface area contributed by atoms with E-state index in [2.05, 4.69) is 31.0 Å². The fourth-order valence-corrected chi connectivity index (χ4v) is 2.99. The van der Waals surface area contributed by atoms with Gasteiger partial charge < -0.3 is 4.42 Å². The van der Waals surface area contributed by atoms with Gasteiger partial charge in [0.15, 0.2) is 5.76 Å². The van der Waals surface area contributed by atoms with Crippen molar-refractivity contribution in [2.45, 2.75) is 52.1 Å². The first-order valence-electron chi connectivity index (χ1n) is 7.47. The fourth-order valence-electron chi connectivity index (χ4n) is 2.99. The van der Waals surface area contributed by atoms with E-state index >= 15 is 0 Å². The first-order valence-corrected chi connectivity index (χ1v) is 7.47. The maximum Gasteiger partial charge on any atom is 0.151 e. The average Bonchev–Trinajstić information content (AvgIpc) is 2.87. The van der Waals surface area contributed by atoms with E-state index < -0.39 is 0 Å². The third kappa shape index (κ3) is 2.45. The van der Waals surface area contributed by atoms with Gasteiger partial charge in [0.2, 0.25) is 0 Å². The summed E-state index contributed by atoms with van der Waals surface area (Å²) in [6.07, 6.45) is 3.75. The minimum Gasteiger partial charge on any atom is -0.455 e. The lowest BCUT2D eigenvalue weighted by atomic mass is 10.00. The van der Waals surface area contributed by atoms with E-state index in [1.54, 1.807) is 0 Å². The van der Waals surface area contributed by atoms with Crippen LogP contribution in [0, 0.1) is 0 Å². The number of hydrogen-bond donors (Lipinski definition) is 0.